The van der Waals surface area contributed by atoms with E-state index in [2.05, 4.69) is 13.8 Å². The Balaban J connectivity index is 1.54. The molecule has 0 radical (unpaired) electrons. The molecule has 0 spiro atoms. The average molecular weight is 627 g/mol. The highest BCUT2D eigenvalue weighted by Gasteiger charge is 2.38. The second-order valence-corrected chi connectivity index (χ2v) is 13.1. The lowest BCUT2D eigenvalue weighted by Crippen LogP contribution is -2.45. The maximum atomic E-state index is 16.4. The van der Waals surface area contributed by atoms with Crippen molar-refractivity contribution < 1.29 is 18.4 Å². The van der Waals surface area contributed by atoms with Gasteiger partial charge in [0, 0.05) is 55.5 Å². The lowest BCUT2D eigenvalue weighted by molar-refractivity contribution is 0.0798. The zero-order valence-electron chi connectivity index (χ0n) is 25.1. The van der Waals surface area contributed by atoms with Crippen LogP contribution in [0.15, 0.2) is 36.4 Å². The molecule has 4 nitrogen and oxygen atoms in total. The highest BCUT2D eigenvalue weighted by atomic mass is 32.1. The quantitative estimate of drug-likeness (QED) is 0.0978. The first-order chi connectivity index (χ1) is 21.1. The van der Waals surface area contributed by atoms with Crippen LogP contribution >= 0.6 is 24.4 Å². The third-order valence-corrected chi connectivity index (χ3v) is 10.5. The molecule has 2 atom stereocenters. The molecule has 0 aromatic heterocycles. The van der Waals surface area contributed by atoms with Crippen molar-refractivity contribution >= 4 is 89.3 Å². The molecule has 2 unspecified atom stereocenters. The fourth-order valence-corrected chi connectivity index (χ4v) is 8.33. The maximum Gasteiger partial charge on any atom is 0.259 e. The number of hydrogen-bond donors (Lipinski definition) is 0. The minimum Gasteiger partial charge on any atom is -0.296 e. The van der Waals surface area contributed by atoms with Gasteiger partial charge < -0.3 is 0 Å². The van der Waals surface area contributed by atoms with Crippen LogP contribution in [0.5, 0.6) is 0 Å². The first-order valence-electron chi connectivity index (χ1n) is 15.5. The monoisotopic (exact) mass is 626 g/mol. The smallest absolute Gasteiger partial charge is 0.259 e. The number of hydrogen-bond acceptors (Lipinski definition) is 4. The van der Waals surface area contributed by atoms with Crippen LogP contribution in [0.2, 0.25) is 0 Å². The zero-order chi connectivity index (χ0) is 31.2. The van der Waals surface area contributed by atoms with Gasteiger partial charge in [-0.15, -0.1) is 0 Å². The Morgan fingerprint density at radius 3 is 1.36 bits per heavy atom. The van der Waals surface area contributed by atoms with Crippen molar-refractivity contribution in [3.8, 4) is 0 Å². The molecule has 2 aliphatic rings. The number of amides is 2. The van der Waals surface area contributed by atoms with E-state index in [0.717, 1.165) is 38.5 Å². The van der Waals surface area contributed by atoms with Crippen LogP contribution < -0.4 is 0 Å². The molecule has 2 aliphatic heterocycles. The van der Waals surface area contributed by atoms with Gasteiger partial charge in [-0.1, -0.05) is 88.2 Å². The molecule has 0 saturated heterocycles. The van der Waals surface area contributed by atoms with Crippen LogP contribution in [0.1, 0.15) is 98.1 Å². The number of fused-ring (bicyclic) bond motifs is 2. The molecule has 5 aromatic rings. The zero-order valence-corrected chi connectivity index (χ0v) is 26.8. The number of thiocarbonyl (C=S) groups is 2. The summed E-state index contributed by atoms with van der Waals surface area (Å²) in [5, 5.41) is 3.59. The van der Waals surface area contributed by atoms with Crippen molar-refractivity contribution in [3.63, 3.8) is 0 Å². The fourth-order valence-electron chi connectivity index (χ4n) is 7.46. The van der Waals surface area contributed by atoms with Crippen LogP contribution in [0.25, 0.3) is 43.1 Å². The van der Waals surface area contributed by atoms with Crippen LogP contribution in [0.3, 0.4) is 0 Å². The molecule has 224 valence electrons. The summed E-state index contributed by atoms with van der Waals surface area (Å²) in [6.45, 7) is 8.12. The predicted octanol–water partition coefficient (Wildman–Crippen LogP) is 9.44. The Morgan fingerprint density at radius 1 is 0.614 bits per heavy atom. The first kappa shape index (κ1) is 29.1. The van der Waals surface area contributed by atoms with Crippen molar-refractivity contribution in [2.75, 3.05) is 0 Å². The normalized spacial score (nSPS) is 16.4. The molecule has 0 bridgehead atoms. The van der Waals surface area contributed by atoms with E-state index in [0.29, 0.717) is 53.4 Å². The van der Waals surface area contributed by atoms with E-state index in [1.54, 1.807) is 21.9 Å². The largest absolute Gasteiger partial charge is 0.296 e. The Morgan fingerprint density at radius 2 is 1.00 bits per heavy atom. The van der Waals surface area contributed by atoms with Gasteiger partial charge in [0.15, 0.2) is 0 Å². The van der Waals surface area contributed by atoms with Gasteiger partial charge in [-0.2, -0.15) is 0 Å². The second-order valence-electron chi connectivity index (χ2n) is 12.3. The summed E-state index contributed by atoms with van der Waals surface area (Å²) < 4.78 is 32.8. The van der Waals surface area contributed by atoms with Gasteiger partial charge in [0.1, 0.15) is 21.6 Å². The Bertz CT molecular complexity index is 1960. The van der Waals surface area contributed by atoms with Crippen molar-refractivity contribution in [3.05, 3.63) is 70.3 Å². The van der Waals surface area contributed by atoms with E-state index in [-0.39, 0.29) is 45.8 Å². The summed E-state index contributed by atoms with van der Waals surface area (Å²) in [5.74, 6) is -1.81. The molecule has 2 heterocycles. The van der Waals surface area contributed by atoms with Gasteiger partial charge in [-0.25, -0.2) is 8.78 Å². The van der Waals surface area contributed by atoms with Gasteiger partial charge in [0.05, 0.1) is 11.1 Å². The highest BCUT2D eigenvalue weighted by Crippen LogP contribution is 2.48. The maximum absolute atomic E-state index is 16.4. The van der Waals surface area contributed by atoms with Gasteiger partial charge in [0.25, 0.3) is 11.8 Å². The van der Waals surface area contributed by atoms with E-state index in [9.17, 15) is 9.59 Å². The lowest BCUT2D eigenvalue weighted by atomic mass is 9.81. The summed E-state index contributed by atoms with van der Waals surface area (Å²) in [4.78, 5) is 31.8. The third kappa shape index (κ3) is 3.83. The molecule has 2 amide bonds. The molecule has 44 heavy (non-hydrogen) atoms. The molecule has 0 saturated carbocycles. The van der Waals surface area contributed by atoms with Crippen LogP contribution in [0, 0.1) is 11.6 Å². The van der Waals surface area contributed by atoms with E-state index < -0.39 is 11.6 Å². The van der Waals surface area contributed by atoms with Crippen LogP contribution in [0.4, 0.5) is 8.78 Å². The summed E-state index contributed by atoms with van der Waals surface area (Å²) in [7, 11) is 0. The van der Waals surface area contributed by atoms with E-state index in [4.69, 9.17) is 24.4 Å². The number of halogens is 2. The molecule has 0 aliphatic carbocycles. The number of nitrogens with zero attached hydrogens (tertiary/aromatic N) is 2. The van der Waals surface area contributed by atoms with Gasteiger partial charge in [-0.05, 0) is 49.6 Å². The summed E-state index contributed by atoms with van der Waals surface area (Å²) in [6, 6.07) is 9.52. The number of unbranched alkanes of at least 4 members (excludes halogenated alkanes) is 2. The molecule has 8 heteroatoms. The fraction of sp³-hybridized carbons (Fsp3) is 0.333. The van der Waals surface area contributed by atoms with Gasteiger partial charge in [0.2, 0.25) is 0 Å². The van der Waals surface area contributed by atoms with Gasteiger partial charge >= 0.3 is 0 Å². The van der Waals surface area contributed by atoms with Crippen molar-refractivity contribution in [2.24, 2.45) is 0 Å². The standard InChI is InChI=1S/C36H32F2N2O2S2/c1-5-7-9-17(3)39-33(41)23-15-25(37)29-20-12-14-22-28-24(34(42)40(36(22)44)18(4)10-8-6-2)16-26(38)30(32(20)28)19-11-13-21(35(39)43)27(23)31(19)29/h11-18H,5-10H2,1-4H3. The Hall–Kier alpha value is -3.62. The molecule has 7 rings (SSSR count). The number of carbonyl (C=O) groups is 2. The second kappa shape index (κ2) is 10.5. The van der Waals surface area contributed by atoms with Crippen LogP contribution in [-0.4, -0.2) is 43.7 Å². The first-order valence-corrected chi connectivity index (χ1v) is 16.3. The van der Waals surface area contributed by atoms with Gasteiger partial charge in [-0.3, -0.25) is 19.4 Å². The molecule has 0 N–H and O–H groups in total. The summed E-state index contributed by atoms with van der Waals surface area (Å²) >= 11 is 11.8. The van der Waals surface area contributed by atoms with E-state index in [1.165, 1.54) is 12.1 Å². The van der Waals surface area contributed by atoms with E-state index in [1.807, 2.05) is 26.0 Å². The number of benzene rings is 5. The minimum atomic E-state index is -0.570. The lowest BCUT2D eigenvalue weighted by Gasteiger charge is -2.36. The predicted molar refractivity (Wildman–Crippen MR) is 181 cm³/mol. The SMILES string of the molecule is CCCCC(C)N1C(=O)c2cc(F)c3c4ccc5c6c(cc(F)c(c7ccc(c2c73)C1=S)c64)C(=O)N(C(C)CCCC)C5=S. The summed E-state index contributed by atoms with van der Waals surface area (Å²) in [5.41, 5.74) is 1.80. The van der Waals surface area contributed by atoms with Crippen molar-refractivity contribution in [1.29, 1.82) is 0 Å². The molecule has 5 aromatic carbocycles. The average Bonchev–Trinajstić information content (AvgIpc) is 3.00. The molecular formula is C36H32F2N2O2S2. The number of rotatable bonds is 8. The topological polar surface area (TPSA) is 40.6 Å². The Kier molecular flexibility index (Phi) is 6.94. The number of carbonyl (C=O) groups excluding carboxylic acids is 2. The molecule has 0 fully saturated rings. The van der Waals surface area contributed by atoms with Crippen molar-refractivity contribution in [1.82, 2.24) is 9.80 Å². The van der Waals surface area contributed by atoms with E-state index >= 15 is 8.78 Å². The van der Waals surface area contributed by atoms with Crippen LogP contribution in [-0.2, 0) is 0 Å². The highest BCUT2D eigenvalue weighted by molar-refractivity contribution is 7.81. The third-order valence-electron chi connectivity index (χ3n) is 9.64. The van der Waals surface area contributed by atoms with Crippen molar-refractivity contribution in [2.45, 2.75) is 78.3 Å². The Labute approximate surface area is 265 Å². The minimum absolute atomic E-state index is 0.145. The summed E-state index contributed by atoms with van der Waals surface area (Å²) in [6.07, 6.45) is 5.40. The molecular weight excluding hydrogens is 595 g/mol.